The molecule has 1 atom stereocenters. The summed E-state index contributed by atoms with van der Waals surface area (Å²) in [6.45, 7) is 1.33. The summed E-state index contributed by atoms with van der Waals surface area (Å²) < 4.78 is 0. The monoisotopic (exact) mass is 254 g/mol. The summed E-state index contributed by atoms with van der Waals surface area (Å²) in [7, 11) is 0. The van der Waals surface area contributed by atoms with Crippen LogP contribution in [-0.4, -0.2) is 35.6 Å². The summed E-state index contributed by atoms with van der Waals surface area (Å²) >= 11 is 6.00. The highest BCUT2D eigenvalue weighted by atomic mass is 35.5. The van der Waals surface area contributed by atoms with Gasteiger partial charge >= 0.3 is 0 Å². The molecule has 1 aromatic carbocycles. The molecule has 1 aliphatic rings. The zero-order chi connectivity index (χ0) is 12.4. The van der Waals surface area contributed by atoms with Crippen LogP contribution in [0.15, 0.2) is 18.2 Å². The van der Waals surface area contributed by atoms with E-state index >= 15 is 0 Å². The molecular formula is C12H15ClN2O2. The van der Waals surface area contributed by atoms with E-state index in [4.69, 9.17) is 22.4 Å². The maximum atomic E-state index is 12.2. The standard InChI is InChI=1S/C12H15ClN2O2/c13-9-2-1-3-10(14)11(9)12(17)15-5-4-8(6-15)7-16/h1-3,8,16H,4-7,14H2. The zero-order valence-corrected chi connectivity index (χ0v) is 10.2. The summed E-state index contributed by atoms with van der Waals surface area (Å²) in [6, 6.07) is 5.04. The Morgan fingerprint density at radius 1 is 1.59 bits per heavy atom. The van der Waals surface area contributed by atoms with Crippen molar-refractivity contribution in [2.24, 2.45) is 5.92 Å². The van der Waals surface area contributed by atoms with Crippen molar-refractivity contribution in [2.45, 2.75) is 6.42 Å². The summed E-state index contributed by atoms with van der Waals surface area (Å²) in [5.41, 5.74) is 6.54. The molecule has 1 unspecified atom stereocenters. The predicted octanol–water partition coefficient (Wildman–Crippen LogP) is 1.38. The highest BCUT2D eigenvalue weighted by Gasteiger charge is 2.28. The number of carbonyl (C=O) groups is 1. The lowest BCUT2D eigenvalue weighted by atomic mass is 10.1. The molecular weight excluding hydrogens is 240 g/mol. The number of hydrogen-bond acceptors (Lipinski definition) is 3. The lowest BCUT2D eigenvalue weighted by Crippen LogP contribution is -2.30. The van der Waals surface area contributed by atoms with Gasteiger partial charge in [-0.3, -0.25) is 4.79 Å². The van der Waals surface area contributed by atoms with Gasteiger partial charge in [-0.05, 0) is 18.6 Å². The molecule has 0 saturated carbocycles. The Labute approximate surface area is 105 Å². The van der Waals surface area contributed by atoms with Crippen molar-refractivity contribution in [1.82, 2.24) is 4.90 Å². The number of aliphatic hydroxyl groups excluding tert-OH is 1. The second kappa shape index (κ2) is 4.94. The minimum Gasteiger partial charge on any atom is -0.398 e. The minimum atomic E-state index is -0.149. The van der Waals surface area contributed by atoms with Crippen molar-refractivity contribution in [1.29, 1.82) is 0 Å². The Hall–Kier alpha value is -1.26. The molecule has 0 radical (unpaired) electrons. The number of amides is 1. The molecule has 3 N–H and O–H groups in total. The molecule has 1 amide bonds. The molecule has 0 aromatic heterocycles. The smallest absolute Gasteiger partial charge is 0.257 e. The summed E-state index contributed by atoms with van der Waals surface area (Å²) in [6.07, 6.45) is 0.826. The maximum Gasteiger partial charge on any atom is 0.257 e. The van der Waals surface area contributed by atoms with Gasteiger partial charge in [0, 0.05) is 31.3 Å². The van der Waals surface area contributed by atoms with Crippen LogP contribution >= 0.6 is 11.6 Å². The number of nitrogen functional groups attached to an aromatic ring is 1. The quantitative estimate of drug-likeness (QED) is 0.784. The number of rotatable bonds is 2. The molecule has 1 fully saturated rings. The van der Waals surface area contributed by atoms with Gasteiger partial charge in [0.25, 0.3) is 5.91 Å². The average molecular weight is 255 g/mol. The van der Waals surface area contributed by atoms with Crippen molar-refractivity contribution >= 4 is 23.2 Å². The second-order valence-electron chi connectivity index (χ2n) is 4.29. The fraction of sp³-hybridized carbons (Fsp3) is 0.417. The first kappa shape index (κ1) is 12.2. The largest absolute Gasteiger partial charge is 0.398 e. The van der Waals surface area contributed by atoms with E-state index in [0.717, 1.165) is 6.42 Å². The van der Waals surface area contributed by atoms with Gasteiger partial charge in [-0.1, -0.05) is 17.7 Å². The number of halogens is 1. The number of aliphatic hydroxyl groups is 1. The van der Waals surface area contributed by atoms with Gasteiger partial charge in [0.15, 0.2) is 0 Å². The number of likely N-dealkylation sites (tertiary alicyclic amines) is 1. The molecule has 0 spiro atoms. The Morgan fingerprint density at radius 2 is 2.35 bits per heavy atom. The predicted molar refractivity (Wildman–Crippen MR) is 67.0 cm³/mol. The van der Waals surface area contributed by atoms with Crippen LogP contribution in [0.25, 0.3) is 0 Å². The molecule has 1 saturated heterocycles. The zero-order valence-electron chi connectivity index (χ0n) is 9.40. The van der Waals surface area contributed by atoms with Gasteiger partial charge in [-0.15, -0.1) is 0 Å². The van der Waals surface area contributed by atoms with Crippen molar-refractivity contribution in [2.75, 3.05) is 25.4 Å². The number of nitrogens with zero attached hydrogens (tertiary/aromatic N) is 1. The topological polar surface area (TPSA) is 66.6 Å². The van der Waals surface area contributed by atoms with Crippen LogP contribution in [0.1, 0.15) is 16.8 Å². The van der Waals surface area contributed by atoms with E-state index in [2.05, 4.69) is 0 Å². The van der Waals surface area contributed by atoms with Crippen LogP contribution < -0.4 is 5.73 Å². The lowest BCUT2D eigenvalue weighted by molar-refractivity contribution is 0.0783. The first-order valence-electron chi connectivity index (χ1n) is 5.57. The van der Waals surface area contributed by atoms with Crippen LogP contribution in [-0.2, 0) is 0 Å². The number of anilines is 1. The summed E-state index contributed by atoms with van der Waals surface area (Å²) in [5, 5.41) is 9.43. The third-order valence-corrected chi connectivity index (χ3v) is 3.41. The van der Waals surface area contributed by atoms with Crippen LogP contribution in [0.2, 0.25) is 5.02 Å². The Bertz CT molecular complexity index is 416. The van der Waals surface area contributed by atoms with E-state index in [0.29, 0.717) is 29.4 Å². The molecule has 0 aliphatic carbocycles. The first-order chi connectivity index (χ1) is 8.13. The molecule has 2 rings (SSSR count). The van der Waals surface area contributed by atoms with Crippen LogP contribution in [0.3, 0.4) is 0 Å². The average Bonchev–Trinajstić information content (AvgIpc) is 2.77. The molecule has 0 bridgehead atoms. The van der Waals surface area contributed by atoms with Gasteiger partial charge in [-0.2, -0.15) is 0 Å². The first-order valence-corrected chi connectivity index (χ1v) is 5.95. The SMILES string of the molecule is Nc1cccc(Cl)c1C(=O)N1CCC(CO)C1. The number of benzene rings is 1. The number of nitrogens with two attached hydrogens (primary N) is 1. The number of carbonyl (C=O) groups excluding carboxylic acids is 1. The van der Waals surface area contributed by atoms with Gasteiger partial charge in [0.05, 0.1) is 10.6 Å². The van der Waals surface area contributed by atoms with Gasteiger partial charge in [-0.25, -0.2) is 0 Å². The third kappa shape index (κ3) is 2.37. The highest BCUT2D eigenvalue weighted by molar-refractivity contribution is 6.34. The van der Waals surface area contributed by atoms with Crippen molar-refractivity contribution in [3.63, 3.8) is 0 Å². The Kier molecular flexibility index (Phi) is 3.54. The normalized spacial score (nSPS) is 19.6. The van der Waals surface area contributed by atoms with E-state index < -0.39 is 0 Å². The molecule has 1 aliphatic heterocycles. The van der Waals surface area contributed by atoms with E-state index in [1.165, 1.54) is 0 Å². The fourth-order valence-electron chi connectivity index (χ4n) is 2.09. The molecule has 92 valence electrons. The van der Waals surface area contributed by atoms with E-state index in [1.54, 1.807) is 23.1 Å². The van der Waals surface area contributed by atoms with Gasteiger partial charge in [0.1, 0.15) is 0 Å². The third-order valence-electron chi connectivity index (χ3n) is 3.09. The number of hydrogen-bond donors (Lipinski definition) is 2. The van der Waals surface area contributed by atoms with E-state index in [9.17, 15) is 4.79 Å². The Morgan fingerprint density at radius 3 is 2.94 bits per heavy atom. The van der Waals surface area contributed by atoms with Gasteiger partial charge < -0.3 is 15.7 Å². The van der Waals surface area contributed by atoms with Crippen molar-refractivity contribution < 1.29 is 9.90 Å². The maximum absolute atomic E-state index is 12.2. The van der Waals surface area contributed by atoms with Crippen LogP contribution in [0, 0.1) is 5.92 Å². The molecule has 1 heterocycles. The second-order valence-corrected chi connectivity index (χ2v) is 4.70. The van der Waals surface area contributed by atoms with Crippen LogP contribution in [0.5, 0.6) is 0 Å². The highest BCUT2D eigenvalue weighted by Crippen LogP contribution is 2.26. The summed E-state index contributed by atoms with van der Waals surface area (Å²) in [5.74, 6) is 0.0201. The summed E-state index contributed by atoms with van der Waals surface area (Å²) in [4.78, 5) is 13.9. The van der Waals surface area contributed by atoms with Crippen molar-refractivity contribution in [3.05, 3.63) is 28.8 Å². The fourth-order valence-corrected chi connectivity index (χ4v) is 2.35. The molecule has 4 nitrogen and oxygen atoms in total. The minimum absolute atomic E-state index is 0.113. The van der Waals surface area contributed by atoms with E-state index in [-0.39, 0.29) is 18.4 Å². The molecule has 1 aromatic rings. The molecule has 17 heavy (non-hydrogen) atoms. The van der Waals surface area contributed by atoms with Gasteiger partial charge in [0.2, 0.25) is 0 Å². The molecule has 5 heteroatoms. The van der Waals surface area contributed by atoms with Crippen molar-refractivity contribution in [3.8, 4) is 0 Å². The van der Waals surface area contributed by atoms with E-state index in [1.807, 2.05) is 0 Å². The van der Waals surface area contributed by atoms with Crippen LogP contribution in [0.4, 0.5) is 5.69 Å². The lowest BCUT2D eigenvalue weighted by Gasteiger charge is -2.18. The Balaban J connectivity index is 2.21.